The second-order valence-electron chi connectivity index (χ2n) is 5.13. The smallest absolute Gasteiger partial charge is 0.395 e. The molecule has 1 aromatic carbocycles. The Bertz CT molecular complexity index is 882. The van der Waals surface area contributed by atoms with Crippen LogP contribution in [0.25, 0.3) is 0 Å². The molecule has 3 rings (SSSR count). The zero-order chi connectivity index (χ0) is 17.5. The number of aryl methyl sites for hydroxylation is 1. The number of ether oxygens (including phenoxy) is 2. The minimum absolute atomic E-state index is 0.0614. The predicted octanol–water partition coefficient (Wildman–Crippen LogP) is 0.645. The van der Waals surface area contributed by atoms with Crippen molar-refractivity contribution >= 4 is 9.84 Å². The number of benzene rings is 1. The molecule has 1 aromatic heterocycles. The third kappa shape index (κ3) is 3.04. The van der Waals surface area contributed by atoms with E-state index in [1.807, 2.05) is 0 Å². The van der Waals surface area contributed by atoms with E-state index in [1.165, 1.54) is 29.8 Å². The molecule has 0 atom stereocenters. The Labute approximate surface area is 135 Å². The molecular formula is C13H13F2N3O5S. The number of hydrogen-bond acceptors (Lipinski definition) is 7. The Morgan fingerprint density at radius 2 is 1.96 bits per heavy atom. The predicted molar refractivity (Wildman–Crippen MR) is 75.3 cm³/mol. The second kappa shape index (κ2) is 5.67. The van der Waals surface area contributed by atoms with E-state index in [1.54, 1.807) is 0 Å². The van der Waals surface area contributed by atoms with Gasteiger partial charge in [-0.1, -0.05) is 6.07 Å². The van der Waals surface area contributed by atoms with Crippen LogP contribution >= 0.6 is 0 Å². The topological polar surface area (TPSA) is 104 Å². The standard InChI is InChI=1S/C13H13F2N3O5S/c1-18-11(7-19)16-17-12(18)24(20,21)5-4-8-2-3-9-10(6-8)23-13(14,15)22-9/h2-3,6,19H,4-5,7H2,1H3. The van der Waals surface area contributed by atoms with Gasteiger partial charge in [0.1, 0.15) is 6.61 Å². The Hall–Kier alpha value is -2.27. The highest BCUT2D eigenvalue weighted by Gasteiger charge is 2.43. The Balaban J connectivity index is 1.75. The summed E-state index contributed by atoms with van der Waals surface area (Å²) in [4.78, 5) is 0. The zero-order valence-electron chi connectivity index (χ0n) is 12.4. The van der Waals surface area contributed by atoms with Gasteiger partial charge in [-0.3, -0.25) is 0 Å². The van der Waals surface area contributed by atoms with Crippen LogP contribution < -0.4 is 9.47 Å². The highest BCUT2D eigenvalue weighted by atomic mass is 32.2. The van der Waals surface area contributed by atoms with Gasteiger partial charge in [0.25, 0.3) is 0 Å². The van der Waals surface area contributed by atoms with Crippen molar-refractivity contribution in [3.8, 4) is 11.5 Å². The van der Waals surface area contributed by atoms with Crippen LogP contribution in [0.4, 0.5) is 8.78 Å². The van der Waals surface area contributed by atoms with Crippen molar-refractivity contribution in [2.24, 2.45) is 7.05 Å². The monoisotopic (exact) mass is 361 g/mol. The van der Waals surface area contributed by atoms with Crippen LogP contribution in [0, 0.1) is 0 Å². The molecule has 24 heavy (non-hydrogen) atoms. The van der Waals surface area contributed by atoms with E-state index in [0.717, 1.165) is 0 Å². The van der Waals surface area contributed by atoms with Gasteiger partial charge in [-0.25, -0.2) is 8.42 Å². The molecule has 8 nitrogen and oxygen atoms in total. The van der Waals surface area contributed by atoms with Crippen molar-refractivity contribution in [1.82, 2.24) is 14.8 Å². The summed E-state index contributed by atoms with van der Waals surface area (Å²) in [6, 6.07) is 4.08. The van der Waals surface area contributed by atoms with Gasteiger partial charge in [0, 0.05) is 7.05 Å². The van der Waals surface area contributed by atoms with Crippen LogP contribution in [0.5, 0.6) is 11.5 Å². The highest BCUT2D eigenvalue weighted by molar-refractivity contribution is 7.91. The van der Waals surface area contributed by atoms with E-state index in [2.05, 4.69) is 19.7 Å². The Morgan fingerprint density at radius 3 is 2.62 bits per heavy atom. The fraction of sp³-hybridized carbons (Fsp3) is 0.385. The molecule has 0 spiro atoms. The lowest BCUT2D eigenvalue weighted by Crippen LogP contribution is -2.25. The van der Waals surface area contributed by atoms with Crippen molar-refractivity contribution < 1.29 is 31.8 Å². The number of aliphatic hydroxyl groups is 1. The first kappa shape index (κ1) is 16.6. The first-order chi connectivity index (χ1) is 11.2. The summed E-state index contributed by atoms with van der Waals surface area (Å²) in [5, 5.41) is 15.9. The first-order valence-electron chi connectivity index (χ1n) is 6.82. The molecule has 0 unspecified atom stereocenters. The molecule has 1 N–H and O–H groups in total. The molecule has 0 bridgehead atoms. The van der Waals surface area contributed by atoms with Crippen molar-refractivity contribution in [3.05, 3.63) is 29.6 Å². The number of rotatable bonds is 5. The van der Waals surface area contributed by atoms with Crippen molar-refractivity contribution in [2.75, 3.05) is 5.75 Å². The third-order valence-electron chi connectivity index (χ3n) is 3.47. The van der Waals surface area contributed by atoms with Crippen molar-refractivity contribution in [2.45, 2.75) is 24.5 Å². The van der Waals surface area contributed by atoms with Gasteiger partial charge in [-0.2, -0.15) is 0 Å². The molecule has 0 radical (unpaired) electrons. The zero-order valence-corrected chi connectivity index (χ0v) is 13.3. The molecule has 2 heterocycles. The molecule has 2 aromatic rings. The van der Waals surface area contributed by atoms with Crippen LogP contribution in [0.15, 0.2) is 23.4 Å². The molecule has 0 aliphatic carbocycles. The van der Waals surface area contributed by atoms with Gasteiger partial charge >= 0.3 is 6.29 Å². The fourth-order valence-electron chi connectivity index (χ4n) is 2.25. The molecule has 130 valence electrons. The first-order valence-corrected chi connectivity index (χ1v) is 8.48. The third-order valence-corrected chi connectivity index (χ3v) is 5.12. The second-order valence-corrected chi connectivity index (χ2v) is 7.14. The molecule has 0 amide bonds. The molecule has 11 heteroatoms. The number of sulfone groups is 1. The van der Waals surface area contributed by atoms with E-state index in [0.29, 0.717) is 5.56 Å². The summed E-state index contributed by atoms with van der Waals surface area (Å²) < 4.78 is 60.4. The lowest BCUT2D eigenvalue weighted by Gasteiger charge is -2.05. The molecule has 1 aliphatic rings. The summed E-state index contributed by atoms with van der Waals surface area (Å²) in [6.45, 7) is -0.435. The maximum Gasteiger partial charge on any atom is 0.586 e. The summed E-state index contributed by atoms with van der Waals surface area (Å²) in [6.07, 6.45) is -3.65. The minimum atomic E-state index is -3.76. The van der Waals surface area contributed by atoms with Gasteiger partial charge in [0.15, 0.2) is 17.3 Å². The molecule has 0 saturated carbocycles. The number of alkyl halides is 2. The van der Waals surface area contributed by atoms with Crippen LogP contribution in [-0.4, -0.2) is 40.3 Å². The van der Waals surface area contributed by atoms with Crippen LogP contribution in [-0.2, 0) is 29.9 Å². The average Bonchev–Trinajstić information content (AvgIpc) is 3.02. The van der Waals surface area contributed by atoms with Gasteiger partial charge in [-0.15, -0.1) is 19.0 Å². The number of nitrogens with zero attached hydrogens (tertiary/aromatic N) is 3. The molecular weight excluding hydrogens is 348 g/mol. The molecule has 1 aliphatic heterocycles. The number of aromatic nitrogens is 3. The summed E-state index contributed by atoms with van der Waals surface area (Å²) in [7, 11) is -2.33. The van der Waals surface area contributed by atoms with Crippen molar-refractivity contribution in [1.29, 1.82) is 0 Å². The highest BCUT2D eigenvalue weighted by Crippen LogP contribution is 2.41. The maximum atomic E-state index is 13.0. The number of fused-ring (bicyclic) bond motifs is 1. The van der Waals surface area contributed by atoms with Crippen LogP contribution in [0.3, 0.4) is 0 Å². The number of hydrogen-bond donors (Lipinski definition) is 1. The van der Waals surface area contributed by atoms with E-state index >= 15 is 0 Å². The number of aliphatic hydroxyl groups excluding tert-OH is 1. The summed E-state index contributed by atoms with van der Waals surface area (Å²) in [5.74, 6) is -0.428. The quantitative estimate of drug-likeness (QED) is 0.834. The normalized spacial score (nSPS) is 15.7. The largest absolute Gasteiger partial charge is 0.586 e. The van der Waals surface area contributed by atoms with E-state index in [-0.39, 0.29) is 34.7 Å². The van der Waals surface area contributed by atoms with Crippen molar-refractivity contribution in [3.63, 3.8) is 0 Å². The summed E-state index contributed by atoms with van der Waals surface area (Å²) in [5.41, 5.74) is 0.489. The SMILES string of the molecule is Cn1c(CO)nnc1S(=O)(=O)CCc1ccc2c(c1)OC(F)(F)O2. The minimum Gasteiger partial charge on any atom is -0.395 e. The van der Waals surface area contributed by atoms with Gasteiger partial charge in [-0.05, 0) is 24.1 Å². The van der Waals surface area contributed by atoms with Gasteiger partial charge in [0.05, 0.1) is 5.75 Å². The Kier molecular flexibility index (Phi) is 3.92. The van der Waals surface area contributed by atoms with E-state index in [4.69, 9.17) is 5.11 Å². The van der Waals surface area contributed by atoms with E-state index < -0.39 is 22.7 Å². The maximum absolute atomic E-state index is 13.0. The van der Waals surface area contributed by atoms with Crippen LogP contribution in [0.2, 0.25) is 0 Å². The molecule has 0 fully saturated rings. The lowest BCUT2D eigenvalue weighted by atomic mass is 10.1. The van der Waals surface area contributed by atoms with Gasteiger partial charge < -0.3 is 19.1 Å². The van der Waals surface area contributed by atoms with Crippen LogP contribution in [0.1, 0.15) is 11.4 Å². The molecule has 0 saturated heterocycles. The Morgan fingerprint density at radius 1 is 1.25 bits per heavy atom. The van der Waals surface area contributed by atoms with Gasteiger partial charge in [0.2, 0.25) is 15.0 Å². The average molecular weight is 361 g/mol. The van der Waals surface area contributed by atoms with E-state index in [9.17, 15) is 17.2 Å². The summed E-state index contributed by atoms with van der Waals surface area (Å²) >= 11 is 0. The number of halogens is 2. The lowest BCUT2D eigenvalue weighted by molar-refractivity contribution is -0.286. The fourth-order valence-corrected chi connectivity index (χ4v) is 3.62.